The van der Waals surface area contributed by atoms with Crippen LogP contribution in [0.1, 0.15) is 29.6 Å². The fourth-order valence-corrected chi connectivity index (χ4v) is 2.27. The van der Waals surface area contributed by atoms with Crippen LogP contribution >= 0.6 is 0 Å². The lowest BCUT2D eigenvalue weighted by molar-refractivity contribution is 0.0557. The van der Waals surface area contributed by atoms with Crippen LogP contribution < -0.4 is 5.32 Å². The van der Waals surface area contributed by atoms with Crippen molar-refractivity contribution in [3.05, 3.63) is 24.0 Å². The molecule has 1 aliphatic carbocycles. The number of rotatable bonds is 4. The number of pyridine rings is 1. The summed E-state index contributed by atoms with van der Waals surface area (Å²) in [7, 11) is 4.09. The van der Waals surface area contributed by atoms with Crippen LogP contribution in [-0.2, 0) is 0 Å². The molecular weight excluding hydrogens is 230 g/mol. The van der Waals surface area contributed by atoms with Gasteiger partial charge in [-0.05, 0) is 39.4 Å². The molecule has 1 heterocycles. The van der Waals surface area contributed by atoms with Gasteiger partial charge in [0, 0.05) is 18.3 Å². The van der Waals surface area contributed by atoms with Crippen molar-refractivity contribution in [2.45, 2.75) is 24.8 Å². The lowest BCUT2D eigenvalue weighted by atomic mass is 9.75. The molecule has 2 rings (SSSR count). The molecule has 1 aromatic heterocycles. The van der Waals surface area contributed by atoms with Crippen LogP contribution in [0, 0.1) is 0 Å². The molecule has 1 amide bonds. The maximum absolute atomic E-state index is 11.9. The predicted molar refractivity (Wildman–Crippen MR) is 68.5 cm³/mol. The summed E-state index contributed by atoms with van der Waals surface area (Å²) in [5.41, 5.74) is 0.489. The number of aromatic nitrogens is 1. The molecule has 1 saturated carbocycles. The Morgan fingerprint density at radius 3 is 2.72 bits per heavy atom. The summed E-state index contributed by atoms with van der Waals surface area (Å²) in [6.07, 6.45) is 6.20. The van der Waals surface area contributed by atoms with Crippen molar-refractivity contribution in [1.82, 2.24) is 15.2 Å². The maximum Gasteiger partial charge on any atom is 0.253 e. The van der Waals surface area contributed by atoms with Crippen LogP contribution in [0.2, 0.25) is 0 Å². The topological polar surface area (TPSA) is 65.5 Å². The van der Waals surface area contributed by atoms with Gasteiger partial charge < -0.3 is 15.3 Å². The van der Waals surface area contributed by atoms with E-state index in [0.717, 1.165) is 12.8 Å². The molecule has 2 N–H and O–H groups in total. The molecule has 0 unspecified atom stereocenters. The molecule has 0 saturated heterocycles. The second-order valence-electron chi connectivity index (χ2n) is 5.09. The molecule has 0 aromatic carbocycles. The summed E-state index contributed by atoms with van der Waals surface area (Å²) in [6, 6.07) is 1.42. The fourth-order valence-electron chi connectivity index (χ4n) is 2.27. The van der Waals surface area contributed by atoms with Gasteiger partial charge >= 0.3 is 0 Å². The number of aromatic hydroxyl groups is 1. The molecule has 1 aromatic rings. The van der Waals surface area contributed by atoms with E-state index >= 15 is 0 Å². The Hall–Kier alpha value is -1.62. The van der Waals surface area contributed by atoms with Crippen LogP contribution in [0.3, 0.4) is 0 Å². The van der Waals surface area contributed by atoms with Crippen molar-refractivity contribution in [2.24, 2.45) is 0 Å². The minimum absolute atomic E-state index is 0.00798. The molecule has 98 valence electrons. The molecule has 0 bridgehead atoms. The van der Waals surface area contributed by atoms with Crippen molar-refractivity contribution in [2.75, 3.05) is 20.6 Å². The van der Waals surface area contributed by atoms with Gasteiger partial charge in [-0.3, -0.25) is 9.78 Å². The molecule has 0 aliphatic heterocycles. The monoisotopic (exact) mass is 249 g/mol. The number of nitrogens with one attached hydrogen (secondary N) is 1. The summed E-state index contributed by atoms with van der Waals surface area (Å²) in [6.45, 7) is 0.633. The van der Waals surface area contributed by atoms with Gasteiger partial charge in [0.2, 0.25) is 0 Å². The highest BCUT2D eigenvalue weighted by Crippen LogP contribution is 2.35. The van der Waals surface area contributed by atoms with Crippen molar-refractivity contribution >= 4 is 5.91 Å². The van der Waals surface area contributed by atoms with Gasteiger partial charge in [-0.15, -0.1) is 0 Å². The highest BCUT2D eigenvalue weighted by atomic mass is 16.3. The van der Waals surface area contributed by atoms with Crippen molar-refractivity contribution in [1.29, 1.82) is 0 Å². The van der Waals surface area contributed by atoms with E-state index in [1.165, 1.54) is 24.9 Å². The van der Waals surface area contributed by atoms with Crippen molar-refractivity contribution in [3.8, 4) is 5.75 Å². The normalized spacial score (nSPS) is 17.3. The zero-order chi connectivity index (χ0) is 13.2. The third-order valence-electron chi connectivity index (χ3n) is 3.80. The molecule has 0 spiro atoms. The van der Waals surface area contributed by atoms with Crippen molar-refractivity contribution in [3.63, 3.8) is 0 Å². The highest BCUT2D eigenvalue weighted by Gasteiger charge is 2.39. The van der Waals surface area contributed by atoms with E-state index in [1.807, 2.05) is 14.1 Å². The molecule has 5 heteroatoms. The van der Waals surface area contributed by atoms with Crippen LogP contribution in [-0.4, -0.2) is 47.1 Å². The molecule has 1 aliphatic rings. The molecular formula is C13H19N3O2. The first-order chi connectivity index (χ1) is 8.53. The summed E-state index contributed by atoms with van der Waals surface area (Å²) in [5, 5.41) is 12.2. The SMILES string of the molecule is CN(C)C1(CNC(=O)c2cncc(O)c2)CCC1. The molecule has 1 fully saturated rings. The van der Waals surface area contributed by atoms with E-state index in [0.29, 0.717) is 12.1 Å². The number of likely N-dealkylation sites (N-methyl/N-ethyl adjacent to an activating group) is 1. The van der Waals surface area contributed by atoms with E-state index in [-0.39, 0.29) is 17.2 Å². The average Bonchev–Trinajstić information content (AvgIpc) is 2.26. The minimum Gasteiger partial charge on any atom is -0.506 e. The quantitative estimate of drug-likeness (QED) is 0.835. The smallest absolute Gasteiger partial charge is 0.253 e. The first-order valence-corrected chi connectivity index (χ1v) is 6.13. The van der Waals surface area contributed by atoms with Gasteiger partial charge in [-0.25, -0.2) is 0 Å². The lowest BCUT2D eigenvalue weighted by Crippen LogP contribution is -2.57. The number of carbonyl (C=O) groups is 1. The van der Waals surface area contributed by atoms with Gasteiger partial charge in [0.25, 0.3) is 5.91 Å². The maximum atomic E-state index is 11.9. The Balaban J connectivity index is 1.96. The predicted octanol–water partition coefficient (Wildman–Crippen LogP) is 1.00. The third-order valence-corrected chi connectivity index (χ3v) is 3.80. The van der Waals surface area contributed by atoms with E-state index in [9.17, 15) is 9.90 Å². The van der Waals surface area contributed by atoms with E-state index in [1.54, 1.807) is 0 Å². The molecule has 5 nitrogen and oxygen atoms in total. The summed E-state index contributed by atoms with van der Waals surface area (Å²) >= 11 is 0. The van der Waals surface area contributed by atoms with E-state index < -0.39 is 0 Å². The Kier molecular flexibility index (Phi) is 3.52. The van der Waals surface area contributed by atoms with Crippen LogP contribution in [0.25, 0.3) is 0 Å². The third kappa shape index (κ3) is 2.46. The molecule has 0 radical (unpaired) electrons. The van der Waals surface area contributed by atoms with Gasteiger partial charge in [-0.1, -0.05) is 0 Å². The fraction of sp³-hybridized carbons (Fsp3) is 0.538. The Bertz CT molecular complexity index is 442. The first-order valence-electron chi connectivity index (χ1n) is 6.13. The van der Waals surface area contributed by atoms with E-state index in [2.05, 4.69) is 15.2 Å². The average molecular weight is 249 g/mol. The van der Waals surface area contributed by atoms with Gasteiger partial charge in [-0.2, -0.15) is 0 Å². The number of hydrogen-bond acceptors (Lipinski definition) is 4. The van der Waals surface area contributed by atoms with Crippen LogP contribution in [0.4, 0.5) is 0 Å². The Morgan fingerprint density at radius 2 is 2.22 bits per heavy atom. The van der Waals surface area contributed by atoms with Gasteiger partial charge in [0.1, 0.15) is 5.75 Å². The second kappa shape index (κ2) is 4.94. The number of amides is 1. The minimum atomic E-state index is -0.188. The summed E-state index contributed by atoms with van der Waals surface area (Å²) in [4.78, 5) is 17.9. The first kappa shape index (κ1) is 12.8. The number of carbonyl (C=O) groups excluding carboxylic acids is 1. The van der Waals surface area contributed by atoms with Gasteiger partial charge in [0.15, 0.2) is 0 Å². The Labute approximate surface area is 107 Å². The standard InChI is InChI=1S/C13H19N3O2/c1-16(2)13(4-3-5-13)9-15-12(18)10-6-11(17)8-14-7-10/h6-8,17H,3-5,9H2,1-2H3,(H,15,18). The zero-order valence-corrected chi connectivity index (χ0v) is 10.8. The van der Waals surface area contributed by atoms with E-state index in [4.69, 9.17) is 0 Å². The van der Waals surface area contributed by atoms with Crippen molar-refractivity contribution < 1.29 is 9.90 Å². The Morgan fingerprint density at radius 1 is 1.50 bits per heavy atom. The summed E-state index contributed by atoms with van der Waals surface area (Å²) < 4.78 is 0. The van der Waals surface area contributed by atoms with Crippen LogP contribution in [0.15, 0.2) is 18.5 Å². The number of hydrogen-bond donors (Lipinski definition) is 2. The lowest BCUT2D eigenvalue weighted by Gasteiger charge is -2.47. The largest absolute Gasteiger partial charge is 0.506 e. The second-order valence-corrected chi connectivity index (χ2v) is 5.09. The molecule has 0 atom stereocenters. The van der Waals surface area contributed by atoms with Crippen LogP contribution in [0.5, 0.6) is 5.75 Å². The van der Waals surface area contributed by atoms with Gasteiger partial charge in [0.05, 0.1) is 11.8 Å². The number of nitrogens with zero attached hydrogens (tertiary/aromatic N) is 2. The molecule has 18 heavy (non-hydrogen) atoms. The zero-order valence-electron chi connectivity index (χ0n) is 10.8. The highest BCUT2D eigenvalue weighted by molar-refractivity contribution is 5.94. The summed E-state index contributed by atoms with van der Waals surface area (Å²) in [5.74, 6) is -0.180.